The molecule has 0 radical (unpaired) electrons. The maximum atomic E-state index is 14.2. The summed E-state index contributed by atoms with van der Waals surface area (Å²) in [6.45, 7) is 3.98. The monoisotopic (exact) mass is 587 g/mol. The molecule has 4 amide bonds. The molecule has 1 saturated heterocycles. The number of nitrogens with one attached hydrogen (secondary N) is 5. The lowest BCUT2D eigenvalue weighted by Crippen LogP contribution is -2.57. The van der Waals surface area contributed by atoms with Crippen molar-refractivity contribution in [1.29, 1.82) is 0 Å². The average molecular weight is 588 g/mol. The van der Waals surface area contributed by atoms with Crippen molar-refractivity contribution in [3.05, 3.63) is 36.0 Å². The highest BCUT2D eigenvalue weighted by Crippen LogP contribution is 2.32. The van der Waals surface area contributed by atoms with Gasteiger partial charge >= 0.3 is 0 Å². The number of benzene rings is 1. The van der Waals surface area contributed by atoms with Crippen molar-refractivity contribution < 1.29 is 32.8 Å². The molecule has 10 nitrogen and oxygen atoms in total. The number of alkyl halides is 2. The van der Waals surface area contributed by atoms with Crippen LogP contribution in [0.3, 0.4) is 0 Å². The number of hydrogen-bond acceptors (Lipinski definition) is 5. The van der Waals surface area contributed by atoms with E-state index in [9.17, 15) is 32.8 Å². The number of aromatic amines is 1. The molecule has 12 heteroatoms. The summed E-state index contributed by atoms with van der Waals surface area (Å²) in [5, 5.41) is 11.6. The first-order chi connectivity index (χ1) is 20.0. The first-order valence-electron chi connectivity index (χ1n) is 14.6. The second-order valence-corrected chi connectivity index (χ2v) is 11.7. The van der Waals surface area contributed by atoms with Crippen molar-refractivity contribution in [3.8, 4) is 0 Å². The number of halogens is 2. The van der Waals surface area contributed by atoms with E-state index in [4.69, 9.17) is 0 Å². The van der Waals surface area contributed by atoms with Crippen LogP contribution in [0.1, 0.15) is 62.9 Å². The Morgan fingerprint density at radius 2 is 1.76 bits per heavy atom. The Morgan fingerprint density at radius 1 is 1.00 bits per heavy atom. The first kappa shape index (κ1) is 31.1. The molecule has 0 spiro atoms. The van der Waals surface area contributed by atoms with Crippen LogP contribution in [0.5, 0.6) is 0 Å². The van der Waals surface area contributed by atoms with Crippen LogP contribution < -0.4 is 21.3 Å². The van der Waals surface area contributed by atoms with Crippen molar-refractivity contribution >= 4 is 40.8 Å². The molecule has 0 bridgehead atoms. The standard InChI is InChI=1S/C30H39F2N5O5/c1-16(2)26(37-29(41)25-14-18-5-3-4-6-23(18)35-25)30(42)36-24(12-17-7-8-21(31)22(32)11-17)28(40)34-20(15-38)13-19-9-10-33-27(19)39/h3-6,14-17,19-22,24,26,35H,7-13H2,1-2H3,(H,33,39)(H,34,40)(H,36,42)(H,37,41)/t17?,19-,20-,21?,22?,24-,26-/m0/s1. The Bertz CT molecular complexity index is 1270. The molecule has 3 unspecified atom stereocenters. The summed E-state index contributed by atoms with van der Waals surface area (Å²) < 4.78 is 28.0. The molecule has 42 heavy (non-hydrogen) atoms. The lowest BCUT2D eigenvalue weighted by Gasteiger charge is -2.31. The van der Waals surface area contributed by atoms with Crippen LogP contribution >= 0.6 is 0 Å². The van der Waals surface area contributed by atoms with Gasteiger partial charge in [-0.15, -0.1) is 0 Å². The van der Waals surface area contributed by atoms with Gasteiger partial charge < -0.3 is 31.0 Å². The molecule has 1 aliphatic carbocycles. The smallest absolute Gasteiger partial charge is 0.268 e. The third kappa shape index (κ3) is 7.71. The van der Waals surface area contributed by atoms with Crippen LogP contribution in [0.2, 0.25) is 0 Å². The van der Waals surface area contributed by atoms with Crippen LogP contribution in [0.25, 0.3) is 10.9 Å². The molecule has 1 aromatic carbocycles. The highest BCUT2D eigenvalue weighted by atomic mass is 19.2. The second kappa shape index (κ2) is 13.9. The maximum Gasteiger partial charge on any atom is 0.268 e. The van der Waals surface area contributed by atoms with Gasteiger partial charge in [-0.2, -0.15) is 0 Å². The van der Waals surface area contributed by atoms with Gasteiger partial charge in [0, 0.05) is 23.4 Å². The lowest BCUT2D eigenvalue weighted by atomic mass is 9.82. The molecule has 1 aromatic heterocycles. The van der Waals surface area contributed by atoms with Gasteiger partial charge in [-0.1, -0.05) is 32.0 Å². The summed E-state index contributed by atoms with van der Waals surface area (Å²) in [7, 11) is 0. The zero-order valence-electron chi connectivity index (χ0n) is 23.8. The normalized spacial score (nSPS) is 24.5. The molecule has 1 aliphatic heterocycles. The van der Waals surface area contributed by atoms with E-state index in [0.29, 0.717) is 25.7 Å². The fourth-order valence-electron chi connectivity index (χ4n) is 5.76. The quantitative estimate of drug-likeness (QED) is 0.242. The number of rotatable bonds is 12. The van der Waals surface area contributed by atoms with Gasteiger partial charge in [0.2, 0.25) is 17.7 Å². The molecule has 2 aromatic rings. The summed E-state index contributed by atoms with van der Waals surface area (Å²) in [6.07, 6.45) is -1.75. The minimum atomic E-state index is -1.66. The minimum Gasteiger partial charge on any atom is -0.356 e. The van der Waals surface area contributed by atoms with Crippen LogP contribution in [0.4, 0.5) is 8.78 Å². The fraction of sp³-hybridized carbons (Fsp3) is 0.567. The largest absolute Gasteiger partial charge is 0.356 e. The number of fused-ring (bicyclic) bond motifs is 1. The van der Waals surface area contributed by atoms with Gasteiger partial charge in [-0.25, -0.2) is 8.78 Å². The average Bonchev–Trinajstić information content (AvgIpc) is 3.58. The Kier molecular flexibility index (Phi) is 10.3. The zero-order chi connectivity index (χ0) is 30.4. The molecule has 2 heterocycles. The molecule has 7 atom stereocenters. The molecule has 1 saturated carbocycles. The van der Waals surface area contributed by atoms with Crippen molar-refractivity contribution in [2.75, 3.05) is 6.54 Å². The number of amides is 4. The van der Waals surface area contributed by atoms with E-state index in [-0.39, 0.29) is 49.1 Å². The summed E-state index contributed by atoms with van der Waals surface area (Å²) in [6, 6.07) is 5.87. The minimum absolute atomic E-state index is 0.0110. The number of carbonyl (C=O) groups is 5. The predicted molar refractivity (Wildman–Crippen MR) is 152 cm³/mol. The van der Waals surface area contributed by atoms with Gasteiger partial charge in [-0.3, -0.25) is 19.2 Å². The van der Waals surface area contributed by atoms with Gasteiger partial charge in [0.1, 0.15) is 36.4 Å². The van der Waals surface area contributed by atoms with Crippen LogP contribution in [-0.4, -0.2) is 71.9 Å². The van der Waals surface area contributed by atoms with Gasteiger partial charge in [-0.05, 0) is 62.5 Å². The molecule has 228 valence electrons. The highest BCUT2D eigenvalue weighted by molar-refractivity contribution is 6.00. The topological polar surface area (TPSA) is 149 Å². The number of hydrogen-bond donors (Lipinski definition) is 5. The van der Waals surface area contributed by atoms with E-state index < -0.39 is 54.1 Å². The number of aldehydes is 1. The van der Waals surface area contributed by atoms with Crippen LogP contribution in [0, 0.1) is 17.8 Å². The van der Waals surface area contributed by atoms with Crippen molar-refractivity contribution in [2.45, 2.75) is 82.8 Å². The number of carbonyl (C=O) groups excluding carboxylic acids is 5. The Hall–Kier alpha value is -3.83. The molecule has 5 N–H and O–H groups in total. The Morgan fingerprint density at radius 3 is 2.40 bits per heavy atom. The van der Waals surface area contributed by atoms with Crippen LogP contribution in [-0.2, 0) is 19.2 Å². The summed E-state index contributed by atoms with van der Waals surface area (Å²) >= 11 is 0. The number of H-pyrrole nitrogens is 1. The SMILES string of the molecule is CC(C)[C@H](NC(=O)c1cc2ccccc2[nH]1)C(=O)N[C@@H](CC1CCC(F)C(F)C1)C(=O)N[C@H](C=O)C[C@@H]1CCNC1=O. The van der Waals surface area contributed by atoms with Crippen molar-refractivity contribution in [2.24, 2.45) is 17.8 Å². The van der Waals surface area contributed by atoms with Crippen LogP contribution in [0.15, 0.2) is 30.3 Å². The van der Waals surface area contributed by atoms with Crippen molar-refractivity contribution in [1.82, 2.24) is 26.3 Å². The van der Waals surface area contributed by atoms with Gasteiger partial charge in [0.25, 0.3) is 5.91 Å². The second-order valence-electron chi connectivity index (χ2n) is 11.7. The fourth-order valence-corrected chi connectivity index (χ4v) is 5.76. The highest BCUT2D eigenvalue weighted by Gasteiger charge is 2.36. The summed E-state index contributed by atoms with van der Waals surface area (Å²) in [4.78, 5) is 66.8. The molecule has 2 fully saturated rings. The number of aromatic nitrogens is 1. The first-order valence-corrected chi connectivity index (χ1v) is 14.6. The van der Waals surface area contributed by atoms with E-state index in [0.717, 1.165) is 10.9 Å². The van der Waals surface area contributed by atoms with E-state index in [1.807, 2.05) is 24.3 Å². The predicted octanol–water partition coefficient (Wildman–Crippen LogP) is 2.48. The van der Waals surface area contributed by atoms with Crippen molar-refractivity contribution in [3.63, 3.8) is 0 Å². The van der Waals surface area contributed by atoms with E-state index in [2.05, 4.69) is 26.3 Å². The Balaban J connectivity index is 1.47. The molecular weight excluding hydrogens is 548 g/mol. The summed E-state index contributed by atoms with van der Waals surface area (Å²) in [5.74, 6) is -3.14. The summed E-state index contributed by atoms with van der Waals surface area (Å²) in [5.41, 5.74) is 1.03. The van der Waals surface area contributed by atoms with E-state index in [1.54, 1.807) is 19.9 Å². The third-order valence-corrected chi connectivity index (χ3v) is 8.21. The maximum absolute atomic E-state index is 14.2. The molecule has 4 rings (SSSR count). The molecular formula is C30H39F2N5O5. The molecule has 2 aliphatic rings. The van der Waals surface area contributed by atoms with Gasteiger partial charge in [0.15, 0.2) is 0 Å². The van der Waals surface area contributed by atoms with E-state index >= 15 is 0 Å². The zero-order valence-corrected chi connectivity index (χ0v) is 23.8. The van der Waals surface area contributed by atoms with Gasteiger partial charge in [0.05, 0.1) is 6.04 Å². The Labute approximate surface area is 243 Å². The van der Waals surface area contributed by atoms with E-state index in [1.165, 1.54) is 0 Å². The third-order valence-electron chi connectivity index (χ3n) is 8.21. The number of para-hydroxylation sites is 1. The lowest BCUT2D eigenvalue weighted by molar-refractivity contribution is -0.132.